The van der Waals surface area contributed by atoms with Crippen molar-refractivity contribution in [1.29, 1.82) is 0 Å². The Bertz CT molecular complexity index is 1060. The molecule has 3 aromatic rings. The SMILES string of the molecule is CC(C)OC(=O)CC(NC(=O)Cc1csc(-c2cccs2)n1)c1ccccc1[N+](=O)[O-]. The molecule has 31 heavy (non-hydrogen) atoms. The van der Waals surface area contributed by atoms with E-state index >= 15 is 0 Å². The zero-order valence-corrected chi connectivity index (χ0v) is 18.6. The predicted molar refractivity (Wildman–Crippen MR) is 119 cm³/mol. The van der Waals surface area contributed by atoms with Gasteiger partial charge in [0.25, 0.3) is 5.69 Å². The van der Waals surface area contributed by atoms with E-state index in [1.54, 1.807) is 31.3 Å². The topological polar surface area (TPSA) is 111 Å². The summed E-state index contributed by atoms with van der Waals surface area (Å²) in [6, 6.07) is 9.03. The van der Waals surface area contributed by atoms with Crippen molar-refractivity contribution in [3.63, 3.8) is 0 Å². The number of thiazole rings is 1. The average molecular weight is 460 g/mol. The van der Waals surface area contributed by atoms with E-state index in [9.17, 15) is 19.7 Å². The van der Waals surface area contributed by atoms with Crippen molar-refractivity contribution in [3.05, 3.63) is 68.5 Å². The summed E-state index contributed by atoms with van der Waals surface area (Å²) < 4.78 is 5.18. The Morgan fingerprint density at radius 1 is 1.19 bits per heavy atom. The van der Waals surface area contributed by atoms with E-state index in [0.717, 1.165) is 9.88 Å². The highest BCUT2D eigenvalue weighted by Crippen LogP contribution is 2.29. The molecule has 1 aromatic carbocycles. The van der Waals surface area contributed by atoms with Gasteiger partial charge in [-0.25, -0.2) is 4.98 Å². The number of nitrogens with zero attached hydrogens (tertiary/aromatic N) is 2. The summed E-state index contributed by atoms with van der Waals surface area (Å²) in [4.78, 5) is 41.4. The molecule has 8 nitrogen and oxygen atoms in total. The molecule has 0 aliphatic heterocycles. The second kappa shape index (κ2) is 10.3. The van der Waals surface area contributed by atoms with Crippen molar-refractivity contribution in [1.82, 2.24) is 10.3 Å². The Kier molecular flexibility index (Phi) is 7.48. The number of nitro benzene ring substituents is 1. The number of carbonyl (C=O) groups excluding carboxylic acids is 2. The lowest BCUT2D eigenvalue weighted by Gasteiger charge is -2.19. The van der Waals surface area contributed by atoms with Crippen molar-refractivity contribution in [2.24, 2.45) is 0 Å². The molecule has 2 aromatic heterocycles. The number of hydrogen-bond donors (Lipinski definition) is 1. The van der Waals surface area contributed by atoms with Crippen molar-refractivity contribution in [2.75, 3.05) is 0 Å². The molecule has 2 heterocycles. The standard InChI is InChI=1S/C21H21N3O5S2/c1-13(2)29-20(26)11-16(15-6-3-4-7-17(15)24(27)28)23-19(25)10-14-12-31-21(22-14)18-8-5-9-30-18/h3-9,12-13,16H,10-11H2,1-2H3,(H,23,25). The van der Waals surface area contributed by atoms with Crippen LogP contribution in [0, 0.1) is 10.1 Å². The molecule has 1 amide bonds. The number of hydrogen-bond acceptors (Lipinski definition) is 8. The minimum Gasteiger partial charge on any atom is -0.463 e. The number of benzene rings is 1. The van der Waals surface area contributed by atoms with E-state index in [1.165, 1.54) is 29.5 Å². The van der Waals surface area contributed by atoms with Crippen LogP contribution in [0.15, 0.2) is 47.2 Å². The number of amides is 1. The zero-order chi connectivity index (χ0) is 22.4. The molecule has 0 radical (unpaired) electrons. The number of nitrogens with one attached hydrogen (secondary N) is 1. The van der Waals surface area contributed by atoms with Gasteiger partial charge in [0.2, 0.25) is 5.91 Å². The van der Waals surface area contributed by atoms with Gasteiger partial charge in [0.1, 0.15) is 5.01 Å². The highest BCUT2D eigenvalue weighted by molar-refractivity contribution is 7.20. The summed E-state index contributed by atoms with van der Waals surface area (Å²) in [5, 5.41) is 18.8. The zero-order valence-electron chi connectivity index (χ0n) is 16.9. The fourth-order valence-electron chi connectivity index (χ4n) is 2.98. The number of thiophene rings is 1. The molecule has 0 spiro atoms. The maximum atomic E-state index is 12.7. The third-order valence-corrected chi connectivity index (χ3v) is 6.14. The molecule has 0 aliphatic carbocycles. The van der Waals surface area contributed by atoms with Gasteiger partial charge in [-0.2, -0.15) is 0 Å². The van der Waals surface area contributed by atoms with Crippen LogP contribution in [0.4, 0.5) is 5.69 Å². The van der Waals surface area contributed by atoms with Crippen molar-refractivity contribution >= 4 is 40.2 Å². The predicted octanol–water partition coefficient (Wildman–Crippen LogP) is 4.52. The first-order valence-electron chi connectivity index (χ1n) is 9.54. The van der Waals surface area contributed by atoms with E-state index in [0.29, 0.717) is 5.69 Å². The summed E-state index contributed by atoms with van der Waals surface area (Å²) in [5.74, 6) is -0.935. The van der Waals surface area contributed by atoms with Crippen molar-refractivity contribution < 1.29 is 19.2 Å². The molecule has 0 aliphatic rings. The summed E-state index contributed by atoms with van der Waals surface area (Å²) in [5.41, 5.74) is 0.676. The number of aromatic nitrogens is 1. The van der Waals surface area contributed by atoms with Crippen LogP contribution in [-0.2, 0) is 20.7 Å². The average Bonchev–Trinajstić information content (AvgIpc) is 3.38. The maximum Gasteiger partial charge on any atom is 0.308 e. The Hall–Kier alpha value is -3.11. The number of esters is 1. The molecule has 1 N–H and O–H groups in total. The van der Waals surface area contributed by atoms with Gasteiger partial charge in [-0.05, 0) is 25.3 Å². The summed E-state index contributed by atoms with van der Waals surface area (Å²) in [6.07, 6.45) is -0.551. The van der Waals surface area contributed by atoms with Gasteiger partial charge in [0, 0.05) is 11.4 Å². The first-order chi connectivity index (χ1) is 14.8. The van der Waals surface area contributed by atoms with Gasteiger partial charge < -0.3 is 10.1 Å². The highest BCUT2D eigenvalue weighted by Gasteiger charge is 2.27. The minimum atomic E-state index is -0.893. The molecule has 10 heteroatoms. The molecule has 1 atom stereocenters. The third-order valence-electron chi connectivity index (χ3n) is 4.21. The lowest BCUT2D eigenvalue weighted by Crippen LogP contribution is -2.32. The van der Waals surface area contributed by atoms with E-state index in [2.05, 4.69) is 10.3 Å². The maximum absolute atomic E-state index is 12.7. The van der Waals surface area contributed by atoms with E-state index < -0.39 is 16.9 Å². The van der Waals surface area contributed by atoms with E-state index in [-0.39, 0.29) is 36.1 Å². The van der Waals surface area contributed by atoms with Gasteiger partial charge >= 0.3 is 5.97 Å². The minimum absolute atomic E-state index is 0.00175. The molecular weight excluding hydrogens is 438 g/mol. The molecular formula is C21H21N3O5S2. The van der Waals surface area contributed by atoms with Crippen LogP contribution in [0.1, 0.15) is 37.6 Å². The quantitative estimate of drug-likeness (QED) is 0.286. The monoisotopic (exact) mass is 459 g/mol. The van der Waals surface area contributed by atoms with Crippen LogP contribution in [-0.4, -0.2) is 27.9 Å². The summed E-state index contributed by atoms with van der Waals surface area (Å²) in [6.45, 7) is 3.42. The molecule has 1 unspecified atom stereocenters. The molecule has 0 saturated carbocycles. The van der Waals surface area contributed by atoms with Crippen LogP contribution in [0.5, 0.6) is 0 Å². The summed E-state index contributed by atoms with van der Waals surface area (Å²) >= 11 is 3.01. The Balaban J connectivity index is 1.77. The molecule has 162 valence electrons. The van der Waals surface area contributed by atoms with Crippen LogP contribution >= 0.6 is 22.7 Å². The lowest BCUT2D eigenvalue weighted by molar-refractivity contribution is -0.385. The molecule has 0 bridgehead atoms. The van der Waals surface area contributed by atoms with Crippen LogP contribution < -0.4 is 5.32 Å². The third kappa shape index (κ3) is 6.19. The Labute approximate surface area is 187 Å². The van der Waals surface area contributed by atoms with Gasteiger partial charge in [-0.3, -0.25) is 19.7 Å². The van der Waals surface area contributed by atoms with Crippen molar-refractivity contribution in [2.45, 2.75) is 38.8 Å². The number of para-hydroxylation sites is 1. The number of ether oxygens (including phenoxy) is 1. The fourth-order valence-corrected chi connectivity index (χ4v) is 4.61. The molecule has 3 rings (SSSR count). The second-order valence-corrected chi connectivity index (χ2v) is 8.78. The van der Waals surface area contributed by atoms with E-state index in [4.69, 9.17) is 4.74 Å². The van der Waals surface area contributed by atoms with Crippen LogP contribution in [0.2, 0.25) is 0 Å². The van der Waals surface area contributed by atoms with E-state index in [1.807, 2.05) is 22.9 Å². The molecule has 0 saturated heterocycles. The molecule has 0 fully saturated rings. The number of rotatable bonds is 9. The first-order valence-corrected chi connectivity index (χ1v) is 11.3. The highest BCUT2D eigenvalue weighted by atomic mass is 32.1. The smallest absolute Gasteiger partial charge is 0.308 e. The normalized spacial score (nSPS) is 11.8. The van der Waals surface area contributed by atoms with Gasteiger partial charge in [0.05, 0.1) is 46.0 Å². The fraction of sp³-hybridized carbons (Fsp3) is 0.286. The number of nitro groups is 1. The second-order valence-electron chi connectivity index (χ2n) is 6.98. The Morgan fingerprint density at radius 2 is 1.97 bits per heavy atom. The largest absolute Gasteiger partial charge is 0.463 e. The van der Waals surface area contributed by atoms with Crippen molar-refractivity contribution in [3.8, 4) is 9.88 Å². The Morgan fingerprint density at radius 3 is 2.65 bits per heavy atom. The first kappa shape index (κ1) is 22.6. The van der Waals surface area contributed by atoms with Crippen LogP contribution in [0.25, 0.3) is 9.88 Å². The van der Waals surface area contributed by atoms with Gasteiger partial charge in [-0.15, -0.1) is 22.7 Å². The van der Waals surface area contributed by atoms with Gasteiger partial charge in [0.15, 0.2) is 0 Å². The van der Waals surface area contributed by atoms with Gasteiger partial charge in [-0.1, -0.05) is 24.3 Å². The lowest BCUT2D eigenvalue weighted by atomic mass is 10.0. The van der Waals surface area contributed by atoms with Crippen LogP contribution in [0.3, 0.4) is 0 Å². The number of carbonyl (C=O) groups is 2. The summed E-state index contributed by atoms with van der Waals surface area (Å²) in [7, 11) is 0.